The van der Waals surface area contributed by atoms with Gasteiger partial charge in [-0.15, -0.1) is 0 Å². The molecule has 25 heavy (non-hydrogen) atoms. The number of carbonyl (C=O) groups is 1. The Morgan fingerprint density at radius 1 is 1.28 bits per heavy atom. The highest BCUT2D eigenvalue weighted by Crippen LogP contribution is 2.52. The van der Waals surface area contributed by atoms with Crippen molar-refractivity contribution in [2.45, 2.75) is 65.1 Å². The van der Waals surface area contributed by atoms with Crippen molar-refractivity contribution >= 4 is 6.03 Å². The van der Waals surface area contributed by atoms with Crippen molar-refractivity contribution < 1.29 is 9.53 Å². The van der Waals surface area contributed by atoms with Crippen LogP contribution in [0.4, 0.5) is 4.79 Å². The second kappa shape index (κ2) is 6.01. The van der Waals surface area contributed by atoms with Crippen molar-refractivity contribution in [3.8, 4) is 0 Å². The van der Waals surface area contributed by atoms with Crippen LogP contribution >= 0.6 is 0 Å². The van der Waals surface area contributed by atoms with Gasteiger partial charge < -0.3 is 15.0 Å². The van der Waals surface area contributed by atoms with Gasteiger partial charge in [0.15, 0.2) is 0 Å². The molecule has 4 nitrogen and oxygen atoms in total. The van der Waals surface area contributed by atoms with E-state index in [2.05, 4.69) is 56.1 Å². The maximum absolute atomic E-state index is 13.1. The Kier molecular flexibility index (Phi) is 4.06. The van der Waals surface area contributed by atoms with Crippen LogP contribution in [-0.2, 0) is 4.74 Å². The summed E-state index contributed by atoms with van der Waals surface area (Å²) in [4.78, 5) is 15.1. The van der Waals surface area contributed by atoms with Crippen LogP contribution in [0, 0.1) is 25.2 Å². The third-order valence-electron chi connectivity index (χ3n) is 6.90. The lowest BCUT2D eigenvalue weighted by molar-refractivity contribution is -0.109. The number of aryl methyl sites for hydroxylation is 1. The largest absolute Gasteiger partial charge is 0.377 e. The Morgan fingerprint density at radius 3 is 2.88 bits per heavy atom. The molecule has 1 aromatic carbocycles. The van der Waals surface area contributed by atoms with Crippen LogP contribution < -0.4 is 5.32 Å². The standard InChI is InChI=1S/C21H30N2O2/c1-13-7-5-8-15(14(13)2)17-9-6-11-23(17)20(24)22-18-16-10-12-25-19(16)21(18,3)4/h5,7-8,16-19H,6,9-12H2,1-4H3,(H,22,24)/t16-,17+,18-,19+/m1/s1. The third-order valence-corrected chi connectivity index (χ3v) is 6.90. The molecule has 136 valence electrons. The topological polar surface area (TPSA) is 41.6 Å². The second-order valence-electron chi connectivity index (χ2n) is 8.63. The van der Waals surface area contributed by atoms with E-state index in [1.54, 1.807) is 0 Å². The van der Waals surface area contributed by atoms with E-state index in [4.69, 9.17) is 4.74 Å². The number of nitrogens with one attached hydrogen (secondary N) is 1. The summed E-state index contributed by atoms with van der Waals surface area (Å²) in [7, 11) is 0. The van der Waals surface area contributed by atoms with Crippen molar-refractivity contribution in [1.29, 1.82) is 0 Å². The summed E-state index contributed by atoms with van der Waals surface area (Å²) in [6, 6.07) is 6.99. The van der Waals surface area contributed by atoms with Gasteiger partial charge in [-0.25, -0.2) is 4.79 Å². The number of urea groups is 1. The van der Waals surface area contributed by atoms with Gasteiger partial charge in [0.1, 0.15) is 0 Å². The maximum Gasteiger partial charge on any atom is 0.318 e. The van der Waals surface area contributed by atoms with E-state index < -0.39 is 0 Å². The molecule has 0 spiro atoms. The van der Waals surface area contributed by atoms with E-state index in [1.807, 2.05) is 0 Å². The molecule has 0 bridgehead atoms. The van der Waals surface area contributed by atoms with Gasteiger partial charge in [-0.3, -0.25) is 0 Å². The molecule has 1 N–H and O–H groups in total. The van der Waals surface area contributed by atoms with Crippen molar-refractivity contribution in [3.05, 3.63) is 34.9 Å². The average Bonchev–Trinajstić information content (AvgIpc) is 3.23. The molecule has 0 radical (unpaired) electrons. The van der Waals surface area contributed by atoms with E-state index >= 15 is 0 Å². The van der Waals surface area contributed by atoms with Crippen LogP contribution in [0.1, 0.15) is 55.8 Å². The predicted octanol–water partition coefficient (Wildman–Crippen LogP) is 3.96. The zero-order valence-electron chi connectivity index (χ0n) is 15.8. The molecular weight excluding hydrogens is 312 g/mol. The van der Waals surface area contributed by atoms with Gasteiger partial charge in [0.05, 0.1) is 12.1 Å². The Labute approximate surface area is 150 Å². The number of fused-ring (bicyclic) bond motifs is 1. The Balaban J connectivity index is 1.51. The number of hydrogen-bond donors (Lipinski definition) is 1. The first-order valence-corrected chi connectivity index (χ1v) is 9.66. The lowest BCUT2D eigenvalue weighted by Gasteiger charge is -2.54. The van der Waals surface area contributed by atoms with Crippen molar-refractivity contribution in [2.24, 2.45) is 11.3 Å². The number of likely N-dealkylation sites (tertiary alicyclic amines) is 1. The minimum Gasteiger partial charge on any atom is -0.377 e. The summed E-state index contributed by atoms with van der Waals surface area (Å²) < 4.78 is 5.86. The molecule has 2 heterocycles. The van der Waals surface area contributed by atoms with Gasteiger partial charge in [0.25, 0.3) is 0 Å². The molecule has 2 aliphatic heterocycles. The smallest absolute Gasteiger partial charge is 0.318 e. The number of nitrogens with zero attached hydrogens (tertiary/aromatic N) is 1. The highest BCUT2D eigenvalue weighted by molar-refractivity contribution is 5.76. The summed E-state index contributed by atoms with van der Waals surface area (Å²) in [5, 5.41) is 3.36. The van der Waals surface area contributed by atoms with Gasteiger partial charge in [-0.05, 0) is 49.8 Å². The fraction of sp³-hybridized carbons (Fsp3) is 0.667. The molecule has 2 amide bonds. The summed E-state index contributed by atoms with van der Waals surface area (Å²) in [6.07, 6.45) is 3.51. The number of hydrogen-bond acceptors (Lipinski definition) is 2. The fourth-order valence-electron chi connectivity index (χ4n) is 5.30. The molecule has 4 rings (SSSR count). The number of carbonyl (C=O) groups excluding carboxylic acids is 1. The quantitative estimate of drug-likeness (QED) is 0.884. The van der Waals surface area contributed by atoms with Gasteiger partial charge >= 0.3 is 6.03 Å². The van der Waals surface area contributed by atoms with Crippen LogP contribution in [0.5, 0.6) is 0 Å². The van der Waals surface area contributed by atoms with Crippen molar-refractivity contribution in [1.82, 2.24) is 10.2 Å². The van der Waals surface area contributed by atoms with Gasteiger partial charge in [-0.2, -0.15) is 0 Å². The fourth-order valence-corrected chi connectivity index (χ4v) is 5.30. The molecule has 4 heteroatoms. The van der Waals surface area contributed by atoms with Crippen LogP contribution in [0.2, 0.25) is 0 Å². The monoisotopic (exact) mass is 342 g/mol. The Morgan fingerprint density at radius 2 is 2.08 bits per heavy atom. The van der Waals surface area contributed by atoms with E-state index in [-0.39, 0.29) is 23.5 Å². The normalized spacial score (nSPS) is 33.0. The SMILES string of the molecule is Cc1cccc([C@@H]2CCCN2C(=O)N[C@@H]2[C@H]3CCO[C@@H]3C2(C)C)c1C. The summed E-state index contributed by atoms with van der Waals surface area (Å²) in [5.74, 6) is 0.487. The number of benzene rings is 1. The highest BCUT2D eigenvalue weighted by Gasteiger charge is 2.60. The van der Waals surface area contributed by atoms with E-state index in [0.717, 1.165) is 32.4 Å². The first kappa shape index (κ1) is 16.9. The lowest BCUT2D eigenvalue weighted by atomic mass is 9.57. The molecule has 0 aromatic heterocycles. The lowest BCUT2D eigenvalue weighted by Crippen LogP contribution is -2.67. The number of ether oxygens (including phenoxy) is 1. The minimum absolute atomic E-state index is 0.0330. The molecular formula is C21H30N2O2. The van der Waals surface area contributed by atoms with E-state index in [9.17, 15) is 4.79 Å². The second-order valence-corrected chi connectivity index (χ2v) is 8.63. The van der Waals surface area contributed by atoms with E-state index in [1.165, 1.54) is 16.7 Å². The molecule has 1 aliphatic carbocycles. The van der Waals surface area contributed by atoms with Gasteiger partial charge in [-0.1, -0.05) is 32.0 Å². The van der Waals surface area contributed by atoms with Gasteiger partial charge in [0, 0.05) is 30.5 Å². The Hall–Kier alpha value is -1.55. The average molecular weight is 342 g/mol. The van der Waals surface area contributed by atoms with Crippen LogP contribution in [-0.4, -0.2) is 36.2 Å². The molecule has 3 fully saturated rings. The summed E-state index contributed by atoms with van der Waals surface area (Å²) in [6.45, 7) is 10.4. The van der Waals surface area contributed by atoms with Crippen molar-refractivity contribution in [3.63, 3.8) is 0 Å². The first-order chi connectivity index (χ1) is 11.9. The molecule has 3 aliphatic rings. The molecule has 1 saturated carbocycles. The number of rotatable bonds is 2. The van der Waals surface area contributed by atoms with Crippen LogP contribution in [0.25, 0.3) is 0 Å². The first-order valence-electron chi connectivity index (χ1n) is 9.66. The zero-order chi connectivity index (χ0) is 17.8. The molecule has 1 aromatic rings. The summed E-state index contributed by atoms with van der Waals surface area (Å²) in [5.41, 5.74) is 3.96. The number of amides is 2. The van der Waals surface area contributed by atoms with Gasteiger partial charge in [0.2, 0.25) is 0 Å². The maximum atomic E-state index is 13.1. The minimum atomic E-state index is 0.0330. The van der Waals surface area contributed by atoms with Crippen LogP contribution in [0.3, 0.4) is 0 Å². The predicted molar refractivity (Wildman–Crippen MR) is 98.5 cm³/mol. The van der Waals surface area contributed by atoms with Crippen molar-refractivity contribution in [2.75, 3.05) is 13.2 Å². The highest BCUT2D eigenvalue weighted by atomic mass is 16.5. The Bertz CT molecular complexity index is 684. The molecule has 4 atom stereocenters. The zero-order valence-corrected chi connectivity index (χ0v) is 15.8. The third kappa shape index (κ3) is 2.57. The van der Waals surface area contributed by atoms with E-state index in [0.29, 0.717) is 12.0 Å². The molecule has 0 unspecified atom stereocenters. The molecule has 2 saturated heterocycles. The van der Waals surface area contributed by atoms with Crippen LogP contribution in [0.15, 0.2) is 18.2 Å². The summed E-state index contributed by atoms with van der Waals surface area (Å²) >= 11 is 0.